The summed E-state index contributed by atoms with van der Waals surface area (Å²) in [6.07, 6.45) is 3.72. The zero-order valence-electron chi connectivity index (χ0n) is 19.2. The number of nitrogens with one attached hydrogen (secondary N) is 1. The van der Waals surface area contributed by atoms with Crippen molar-refractivity contribution in [2.45, 2.75) is 63.6 Å². The standard InChI is InChI=1S/C9H11NO2.C7H15NO3.C6H14N2O2/c10-8(9(11)12)6-7-4-2-1-3-5-7;1-2-4-8-6(3-5-9)7(10)11;7-4-2-1-3-5(8)6(9)10/h1-5,8H,6,10H2,(H,11,12);6,8-9H,2-5H2,1H3,(H,10,11);5H,1-4,7-8H2,(H,9,10)/t8-;6-;5-/m000/s1. The summed E-state index contributed by atoms with van der Waals surface area (Å²) in [6.45, 7) is 3.15. The van der Waals surface area contributed by atoms with Gasteiger partial charge in [-0.05, 0) is 50.8 Å². The Morgan fingerprint density at radius 3 is 1.91 bits per heavy atom. The third-order valence-electron chi connectivity index (χ3n) is 4.26. The van der Waals surface area contributed by atoms with E-state index in [2.05, 4.69) is 5.32 Å². The van der Waals surface area contributed by atoms with Crippen molar-refractivity contribution in [2.24, 2.45) is 17.2 Å². The summed E-state index contributed by atoms with van der Waals surface area (Å²) in [5, 5.41) is 36.7. The molecule has 0 fully saturated rings. The van der Waals surface area contributed by atoms with Crippen molar-refractivity contribution in [3.63, 3.8) is 0 Å². The molecule has 1 aromatic carbocycles. The smallest absolute Gasteiger partial charge is 0.320 e. The maximum atomic E-state index is 10.4. The molecule has 0 aliphatic heterocycles. The van der Waals surface area contributed by atoms with E-state index in [0.29, 0.717) is 25.9 Å². The van der Waals surface area contributed by atoms with Crippen molar-refractivity contribution in [1.29, 1.82) is 0 Å². The second-order valence-electron chi connectivity index (χ2n) is 7.22. The molecule has 0 aromatic heterocycles. The maximum absolute atomic E-state index is 10.4. The predicted octanol–water partition coefficient (Wildman–Crippen LogP) is -0.0101. The summed E-state index contributed by atoms with van der Waals surface area (Å²) in [6, 6.07) is 7.23. The molecule has 0 aliphatic carbocycles. The zero-order chi connectivity index (χ0) is 25.6. The highest BCUT2D eigenvalue weighted by atomic mass is 16.4. The summed E-state index contributed by atoms with van der Waals surface area (Å²) in [5.74, 6) is -2.79. The van der Waals surface area contributed by atoms with E-state index < -0.39 is 36.0 Å². The first-order valence-electron chi connectivity index (χ1n) is 10.9. The minimum atomic E-state index is -0.959. The van der Waals surface area contributed by atoms with Gasteiger partial charge in [0.2, 0.25) is 0 Å². The summed E-state index contributed by atoms with van der Waals surface area (Å²) in [4.78, 5) is 30.9. The predicted molar refractivity (Wildman–Crippen MR) is 126 cm³/mol. The minimum absolute atomic E-state index is 0.0896. The Labute approximate surface area is 195 Å². The van der Waals surface area contributed by atoms with Crippen LogP contribution in [-0.2, 0) is 20.8 Å². The van der Waals surface area contributed by atoms with E-state index >= 15 is 0 Å². The molecule has 190 valence electrons. The lowest BCUT2D eigenvalue weighted by molar-refractivity contribution is -0.140. The van der Waals surface area contributed by atoms with Crippen LogP contribution in [0.1, 0.15) is 44.6 Å². The van der Waals surface area contributed by atoms with Crippen LogP contribution in [0.4, 0.5) is 0 Å². The molecule has 0 bridgehead atoms. The van der Waals surface area contributed by atoms with Crippen molar-refractivity contribution in [1.82, 2.24) is 5.32 Å². The van der Waals surface area contributed by atoms with Gasteiger partial charge in [-0.1, -0.05) is 43.7 Å². The van der Waals surface area contributed by atoms with Gasteiger partial charge in [0.25, 0.3) is 0 Å². The van der Waals surface area contributed by atoms with Gasteiger partial charge in [0.15, 0.2) is 0 Å². The Bertz CT molecular complexity index is 647. The van der Waals surface area contributed by atoms with Crippen LogP contribution in [0.25, 0.3) is 0 Å². The van der Waals surface area contributed by atoms with Crippen molar-refractivity contribution >= 4 is 17.9 Å². The van der Waals surface area contributed by atoms with E-state index in [9.17, 15) is 14.4 Å². The van der Waals surface area contributed by atoms with Crippen LogP contribution in [-0.4, -0.2) is 76.2 Å². The molecule has 0 saturated heterocycles. The largest absolute Gasteiger partial charge is 0.480 e. The summed E-state index contributed by atoms with van der Waals surface area (Å²) >= 11 is 0. The first kappa shape index (κ1) is 32.6. The molecule has 0 saturated carbocycles. The molecule has 11 heteroatoms. The topological polar surface area (TPSA) is 222 Å². The summed E-state index contributed by atoms with van der Waals surface area (Å²) in [7, 11) is 0. The van der Waals surface area contributed by atoms with Crippen molar-refractivity contribution in [3.05, 3.63) is 35.9 Å². The van der Waals surface area contributed by atoms with E-state index in [1.165, 1.54) is 0 Å². The van der Waals surface area contributed by atoms with Crippen LogP contribution in [0.15, 0.2) is 30.3 Å². The van der Waals surface area contributed by atoms with E-state index in [1.54, 1.807) is 0 Å². The average molecular weight is 473 g/mol. The number of benzene rings is 1. The summed E-state index contributed by atoms with van der Waals surface area (Å²) < 4.78 is 0. The van der Waals surface area contributed by atoms with Crippen LogP contribution >= 0.6 is 0 Å². The van der Waals surface area contributed by atoms with Gasteiger partial charge < -0.3 is 42.9 Å². The number of carboxylic acid groups (broad SMARTS) is 3. The number of unbranched alkanes of at least 4 members (excludes halogenated alkanes) is 1. The van der Waals surface area contributed by atoms with Gasteiger partial charge in [0.1, 0.15) is 18.1 Å². The molecule has 3 atom stereocenters. The van der Waals surface area contributed by atoms with Crippen LogP contribution in [0, 0.1) is 0 Å². The number of carboxylic acids is 3. The first-order chi connectivity index (χ1) is 15.6. The Morgan fingerprint density at radius 2 is 1.48 bits per heavy atom. The molecule has 11 N–H and O–H groups in total. The van der Waals surface area contributed by atoms with Crippen LogP contribution in [0.3, 0.4) is 0 Å². The Hall–Kier alpha value is -2.57. The fourth-order valence-electron chi connectivity index (χ4n) is 2.35. The zero-order valence-corrected chi connectivity index (χ0v) is 19.2. The van der Waals surface area contributed by atoms with Gasteiger partial charge in [0.05, 0.1) is 0 Å². The van der Waals surface area contributed by atoms with Crippen LogP contribution < -0.4 is 22.5 Å². The number of carbonyl (C=O) groups is 3. The second kappa shape index (κ2) is 21.3. The average Bonchev–Trinajstić information content (AvgIpc) is 2.78. The number of nitrogens with two attached hydrogens (primary N) is 3. The normalized spacial score (nSPS) is 12.8. The number of aliphatic carboxylic acids is 3. The monoisotopic (exact) mass is 472 g/mol. The fraction of sp³-hybridized carbons (Fsp3) is 0.591. The lowest BCUT2D eigenvalue weighted by Crippen LogP contribution is -2.37. The van der Waals surface area contributed by atoms with Gasteiger partial charge in [0, 0.05) is 6.61 Å². The van der Waals surface area contributed by atoms with E-state index in [4.69, 9.17) is 37.6 Å². The Balaban J connectivity index is 0. The van der Waals surface area contributed by atoms with E-state index in [1.807, 2.05) is 37.3 Å². The molecule has 0 heterocycles. The van der Waals surface area contributed by atoms with E-state index in [-0.39, 0.29) is 13.0 Å². The highest BCUT2D eigenvalue weighted by molar-refractivity contribution is 5.74. The molecular weight excluding hydrogens is 432 g/mol. The molecule has 0 amide bonds. The molecule has 1 rings (SSSR count). The Kier molecular flexibility index (Phi) is 21.0. The van der Waals surface area contributed by atoms with Crippen LogP contribution in [0.2, 0.25) is 0 Å². The first-order valence-corrected chi connectivity index (χ1v) is 10.9. The molecule has 0 radical (unpaired) electrons. The van der Waals surface area contributed by atoms with Gasteiger partial charge in [-0.2, -0.15) is 0 Å². The maximum Gasteiger partial charge on any atom is 0.320 e. The Morgan fingerprint density at radius 1 is 0.909 bits per heavy atom. The molecular formula is C22H40N4O7. The van der Waals surface area contributed by atoms with E-state index in [0.717, 1.165) is 24.8 Å². The second-order valence-corrected chi connectivity index (χ2v) is 7.22. The molecule has 33 heavy (non-hydrogen) atoms. The minimum Gasteiger partial charge on any atom is -0.480 e. The third kappa shape index (κ3) is 19.8. The molecule has 0 spiro atoms. The van der Waals surface area contributed by atoms with Gasteiger partial charge >= 0.3 is 17.9 Å². The SMILES string of the molecule is CCCN[C@@H](CCO)C(=O)O.NCCCC[C@H](N)C(=O)O.N[C@@H](Cc1ccccc1)C(=O)O. The molecule has 11 nitrogen and oxygen atoms in total. The highest BCUT2D eigenvalue weighted by Gasteiger charge is 2.14. The van der Waals surface area contributed by atoms with Gasteiger partial charge in [-0.15, -0.1) is 0 Å². The van der Waals surface area contributed by atoms with Crippen LogP contribution in [0.5, 0.6) is 0 Å². The van der Waals surface area contributed by atoms with Crippen molar-refractivity contribution < 1.29 is 34.8 Å². The highest BCUT2D eigenvalue weighted by Crippen LogP contribution is 2.01. The number of hydrogen-bond acceptors (Lipinski definition) is 8. The number of rotatable bonds is 14. The van der Waals surface area contributed by atoms with Crippen molar-refractivity contribution in [2.75, 3.05) is 19.7 Å². The van der Waals surface area contributed by atoms with Gasteiger partial charge in [-0.25, -0.2) is 0 Å². The number of aliphatic hydroxyl groups excluding tert-OH is 1. The number of hydrogen-bond donors (Lipinski definition) is 8. The lowest BCUT2D eigenvalue weighted by atomic mass is 10.1. The number of aliphatic hydroxyl groups is 1. The molecule has 0 unspecified atom stereocenters. The lowest BCUT2D eigenvalue weighted by Gasteiger charge is -2.11. The van der Waals surface area contributed by atoms with Crippen molar-refractivity contribution in [3.8, 4) is 0 Å². The summed E-state index contributed by atoms with van der Waals surface area (Å²) in [5.41, 5.74) is 16.7. The molecule has 1 aromatic rings. The van der Waals surface area contributed by atoms with Gasteiger partial charge in [-0.3, -0.25) is 14.4 Å². The molecule has 0 aliphatic rings. The fourth-order valence-corrected chi connectivity index (χ4v) is 2.35. The third-order valence-corrected chi connectivity index (χ3v) is 4.26. The quantitative estimate of drug-likeness (QED) is 0.168.